The molecule has 0 aliphatic rings. The third kappa shape index (κ3) is 5.24. The van der Waals surface area contributed by atoms with Gasteiger partial charge in [-0.1, -0.05) is 12.1 Å². The summed E-state index contributed by atoms with van der Waals surface area (Å²) in [4.78, 5) is 8.95. The number of anilines is 2. The van der Waals surface area contributed by atoms with Gasteiger partial charge in [0.25, 0.3) is 0 Å². The van der Waals surface area contributed by atoms with Crippen LogP contribution in [-0.4, -0.2) is 20.2 Å². The largest absolute Gasteiger partial charge is 0.489 e. The topological polar surface area (TPSA) is 86.0 Å². The predicted molar refractivity (Wildman–Crippen MR) is 125 cm³/mol. The average Bonchev–Trinajstić information content (AvgIpc) is 3.25. The lowest BCUT2D eigenvalue weighted by Crippen LogP contribution is -1.98. The van der Waals surface area contributed by atoms with Gasteiger partial charge in [0.05, 0.1) is 5.52 Å². The fourth-order valence-corrected chi connectivity index (χ4v) is 3.20. The number of aromatic nitrogens is 4. The molecular weight excluding hydrogens is 445 g/mol. The standard InChI is InChI=1S/C24H18FN5O2.ClH/c1-15-29-30-23(32-15)17-5-10-22-18(12-17)13-26-24(28-22)27-20-6-8-21(9-7-20)31-14-16-3-2-4-19(25)11-16;/h2-13H,14H2,1H3,(H,26,27,28);1H. The van der Waals surface area contributed by atoms with E-state index in [0.717, 1.165) is 27.7 Å². The second-order valence-corrected chi connectivity index (χ2v) is 7.16. The number of benzene rings is 3. The maximum Gasteiger partial charge on any atom is 0.247 e. The molecule has 9 heteroatoms. The van der Waals surface area contributed by atoms with Crippen molar-refractivity contribution in [1.29, 1.82) is 0 Å². The van der Waals surface area contributed by atoms with Crippen molar-refractivity contribution in [2.45, 2.75) is 13.5 Å². The number of rotatable bonds is 6. The second-order valence-electron chi connectivity index (χ2n) is 7.16. The first-order valence-electron chi connectivity index (χ1n) is 9.94. The number of nitrogens with zero attached hydrogens (tertiary/aromatic N) is 4. The fraction of sp³-hybridized carbons (Fsp3) is 0.0833. The molecule has 33 heavy (non-hydrogen) atoms. The summed E-state index contributed by atoms with van der Waals surface area (Å²) in [5.74, 6) is 1.87. The van der Waals surface area contributed by atoms with E-state index in [1.165, 1.54) is 12.1 Å². The van der Waals surface area contributed by atoms with Crippen LogP contribution in [0.1, 0.15) is 11.5 Å². The Hall–Kier alpha value is -4.04. The van der Waals surface area contributed by atoms with Crippen LogP contribution in [0.4, 0.5) is 16.0 Å². The molecule has 0 saturated heterocycles. The Morgan fingerprint density at radius 3 is 2.61 bits per heavy atom. The third-order valence-electron chi connectivity index (χ3n) is 4.76. The zero-order chi connectivity index (χ0) is 21.9. The molecule has 0 bridgehead atoms. The predicted octanol–water partition coefficient (Wildman–Crippen LogP) is 5.87. The van der Waals surface area contributed by atoms with Crippen molar-refractivity contribution in [2.24, 2.45) is 0 Å². The number of ether oxygens (including phenoxy) is 1. The van der Waals surface area contributed by atoms with Crippen LogP contribution in [0, 0.1) is 12.7 Å². The SMILES string of the molecule is Cc1nnc(-c2ccc3nc(Nc4ccc(OCc5cccc(F)c5)cc4)ncc3c2)o1.Cl. The molecular formula is C24H19ClFN5O2. The minimum Gasteiger partial charge on any atom is -0.489 e. The first-order valence-corrected chi connectivity index (χ1v) is 9.94. The third-order valence-corrected chi connectivity index (χ3v) is 4.76. The van der Waals surface area contributed by atoms with Gasteiger partial charge in [-0.15, -0.1) is 22.6 Å². The molecule has 0 atom stereocenters. The van der Waals surface area contributed by atoms with Gasteiger partial charge in [0.2, 0.25) is 17.7 Å². The highest BCUT2D eigenvalue weighted by Crippen LogP contribution is 2.24. The first-order chi connectivity index (χ1) is 15.6. The Morgan fingerprint density at radius 1 is 1.00 bits per heavy atom. The molecule has 0 saturated carbocycles. The summed E-state index contributed by atoms with van der Waals surface area (Å²) >= 11 is 0. The average molecular weight is 464 g/mol. The molecule has 0 fully saturated rings. The zero-order valence-corrected chi connectivity index (χ0v) is 18.3. The Bertz CT molecular complexity index is 1390. The van der Waals surface area contributed by atoms with E-state index >= 15 is 0 Å². The van der Waals surface area contributed by atoms with Crippen LogP contribution in [0.25, 0.3) is 22.4 Å². The van der Waals surface area contributed by atoms with Gasteiger partial charge < -0.3 is 14.5 Å². The molecule has 1 N–H and O–H groups in total. The molecule has 0 aliphatic carbocycles. The Balaban J connectivity index is 0.00000259. The summed E-state index contributed by atoms with van der Waals surface area (Å²) < 4.78 is 24.5. The van der Waals surface area contributed by atoms with Crippen LogP contribution >= 0.6 is 12.4 Å². The summed E-state index contributed by atoms with van der Waals surface area (Å²) in [6.07, 6.45) is 1.74. The van der Waals surface area contributed by atoms with Gasteiger partial charge in [0.1, 0.15) is 18.2 Å². The molecule has 7 nitrogen and oxygen atoms in total. The van der Waals surface area contributed by atoms with E-state index in [9.17, 15) is 4.39 Å². The lowest BCUT2D eigenvalue weighted by molar-refractivity contribution is 0.305. The molecule has 3 aromatic carbocycles. The van der Waals surface area contributed by atoms with Gasteiger partial charge in [-0.3, -0.25) is 0 Å². The van der Waals surface area contributed by atoms with Crippen LogP contribution in [0.3, 0.4) is 0 Å². The van der Waals surface area contributed by atoms with Crippen molar-refractivity contribution >= 4 is 34.9 Å². The number of nitrogens with one attached hydrogen (secondary N) is 1. The van der Waals surface area contributed by atoms with Gasteiger partial charge in [0, 0.05) is 29.8 Å². The number of fused-ring (bicyclic) bond motifs is 1. The minimum absolute atomic E-state index is 0. The van der Waals surface area contributed by atoms with Crippen LogP contribution in [-0.2, 0) is 6.61 Å². The highest BCUT2D eigenvalue weighted by atomic mass is 35.5. The smallest absolute Gasteiger partial charge is 0.247 e. The maximum atomic E-state index is 13.3. The van der Waals surface area contributed by atoms with Crippen molar-refractivity contribution in [1.82, 2.24) is 20.2 Å². The molecule has 0 amide bonds. The van der Waals surface area contributed by atoms with Crippen molar-refractivity contribution in [3.05, 3.63) is 90.2 Å². The normalized spacial score (nSPS) is 10.6. The van der Waals surface area contributed by atoms with Crippen molar-refractivity contribution < 1.29 is 13.5 Å². The van der Waals surface area contributed by atoms with Crippen molar-refractivity contribution in [3.63, 3.8) is 0 Å². The van der Waals surface area contributed by atoms with Gasteiger partial charge in [0.15, 0.2) is 0 Å². The summed E-state index contributed by atoms with van der Waals surface area (Å²) in [7, 11) is 0. The van der Waals surface area contributed by atoms with E-state index in [4.69, 9.17) is 9.15 Å². The molecule has 0 unspecified atom stereocenters. The summed E-state index contributed by atoms with van der Waals surface area (Å²) in [6, 6.07) is 19.5. The van der Waals surface area contributed by atoms with Gasteiger partial charge in [-0.25, -0.2) is 14.4 Å². The molecule has 0 radical (unpaired) electrons. The number of aryl methyl sites for hydroxylation is 1. The van der Waals surface area contributed by atoms with Gasteiger partial charge >= 0.3 is 0 Å². The zero-order valence-electron chi connectivity index (χ0n) is 17.5. The molecule has 5 rings (SSSR count). The second kappa shape index (κ2) is 9.62. The van der Waals surface area contributed by atoms with Crippen LogP contribution < -0.4 is 10.1 Å². The van der Waals surface area contributed by atoms with E-state index in [1.807, 2.05) is 48.5 Å². The molecule has 166 valence electrons. The lowest BCUT2D eigenvalue weighted by atomic mass is 10.1. The van der Waals surface area contributed by atoms with Crippen LogP contribution in [0.15, 0.2) is 77.3 Å². The number of halogens is 2. The van der Waals surface area contributed by atoms with Gasteiger partial charge in [-0.05, 0) is 60.2 Å². The van der Waals surface area contributed by atoms with E-state index in [0.29, 0.717) is 30.1 Å². The van der Waals surface area contributed by atoms with Crippen molar-refractivity contribution in [3.8, 4) is 17.2 Å². The maximum absolute atomic E-state index is 13.3. The van der Waals surface area contributed by atoms with E-state index in [1.54, 1.807) is 19.2 Å². The fourth-order valence-electron chi connectivity index (χ4n) is 3.20. The minimum atomic E-state index is -0.276. The number of hydrogen-bond donors (Lipinski definition) is 1. The highest BCUT2D eigenvalue weighted by molar-refractivity contribution is 5.85. The molecule has 2 heterocycles. The van der Waals surface area contributed by atoms with E-state index in [2.05, 4.69) is 25.5 Å². The van der Waals surface area contributed by atoms with E-state index in [-0.39, 0.29) is 18.2 Å². The Kier molecular flexibility index (Phi) is 6.46. The van der Waals surface area contributed by atoms with Crippen LogP contribution in [0.2, 0.25) is 0 Å². The molecule has 0 aliphatic heterocycles. The monoisotopic (exact) mass is 463 g/mol. The quantitative estimate of drug-likeness (QED) is 0.337. The summed E-state index contributed by atoms with van der Waals surface area (Å²) in [5, 5.41) is 12.0. The summed E-state index contributed by atoms with van der Waals surface area (Å²) in [6.45, 7) is 2.05. The van der Waals surface area contributed by atoms with E-state index < -0.39 is 0 Å². The Morgan fingerprint density at radius 2 is 1.85 bits per heavy atom. The summed E-state index contributed by atoms with van der Waals surface area (Å²) in [5.41, 5.74) is 3.20. The molecule has 2 aromatic heterocycles. The highest BCUT2D eigenvalue weighted by Gasteiger charge is 2.08. The molecule has 5 aromatic rings. The first kappa shape index (κ1) is 22.2. The molecule has 0 spiro atoms. The van der Waals surface area contributed by atoms with Crippen LogP contribution in [0.5, 0.6) is 5.75 Å². The lowest BCUT2D eigenvalue weighted by Gasteiger charge is -2.09. The van der Waals surface area contributed by atoms with Crippen molar-refractivity contribution in [2.75, 3.05) is 5.32 Å². The Labute approximate surface area is 195 Å². The number of hydrogen-bond acceptors (Lipinski definition) is 7. The van der Waals surface area contributed by atoms with Gasteiger partial charge in [-0.2, -0.15) is 0 Å².